The molecule has 8 heteroatoms. The number of likely N-dealkylation sites (N-methyl/N-ethyl adjacent to an activating group) is 1. The van der Waals surface area contributed by atoms with E-state index in [1.807, 2.05) is 39.8 Å². The van der Waals surface area contributed by atoms with Crippen LogP contribution in [0.2, 0.25) is 0 Å². The molecule has 1 aromatic heterocycles. The van der Waals surface area contributed by atoms with Crippen LogP contribution >= 0.6 is 15.9 Å². The topological polar surface area (TPSA) is 62.7 Å². The second-order valence-electron chi connectivity index (χ2n) is 9.24. The highest BCUT2D eigenvalue weighted by atomic mass is 79.9. The molecule has 2 amide bonds. The molecule has 2 heterocycles. The Morgan fingerprint density at radius 1 is 1.32 bits per heavy atom. The predicted molar refractivity (Wildman–Crippen MR) is 120 cm³/mol. The number of allylic oxidation sites excluding steroid dienone is 3. The number of ether oxygens (including phenoxy) is 1. The molecule has 3 rings (SSSR count). The van der Waals surface area contributed by atoms with E-state index in [-0.39, 0.29) is 35.5 Å². The minimum absolute atomic E-state index is 0.0456. The van der Waals surface area contributed by atoms with Crippen molar-refractivity contribution in [2.75, 3.05) is 7.05 Å². The first-order valence-electron chi connectivity index (χ1n) is 10.3. The van der Waals surface area contributed by atoms with Gasteiger partial charge in [-0.25, -0.2) is 9.18 Å². The SMILES string of the molecule is CC1C=C(C[C@H]2C(=O)N(C)C(C(C)(C)C)N2C(=O)OCc2cccnc2)C(F)=CC1Br. The van der Waals surface area contributed by atoms with Crippen LogP contribution in [0.15, 0.2) is 48.1 Å². The Kier molecular flexibility index (Phi) is 6.88. The lowest BCUT2D eigenvalue weighted by atomic mass is 9.90. The molecule has 31 heavy (non-hydrogen) atoms. The van der Waals surface area contributed by atoms with Crippen molar-refractivity contribution >= 4 is 27.9 Å². The lowest BCUT2D eigenvalue weighted by Gasteiger charge is -2.38. The van der Waals surface area contributed by atoms with Crippen LogP contribution in [0, 0.1) is 11.3 Å². The Balaban J connectivity index is 1.88. The van der Waals surface area contributed by atoms with E-state index < -0.39 is 23.7 Å². The lowest BCUT2D eigenvalue weighted by Crippen LogP contribution is -2.51. The van der Waals surface area contributed by atoms with E-state index in [2.05, 4.69) is 20.9 Å². The van der Waals surface area contributed by atoms with Gasteiger partial charge in [0, 0.05) is 41.7 Å². The normalized spacial score (nSPS) is 26.6. The van der Waals surface area contributed by atoms with Gasteiger partial charge in [0.15, 0.2) is 0 Å². The van der Waals surface area contributed by atoms with Gasteiger partial charge in [-0.1, -0.05) is 55.8 Å². The van der Waals surface area contributed by atoms with Crippen LogP contribution in [0.4, 0.5) is 9.18 Å². The van der Waals surface area contributed by atoms with Crippen molar-refractivity contribution in [3.05, 3.63) is 53.6 Å². The first-order valence-corrected chi connectivity index (χ1v) is 11.3. The average molecular weight is 494 g/mol. The molecule has 0 bridgehead atoms. The Labute approximate surface area is 191 Å². The van der Waals surface area contributed by atoms with Gasteiger partial charge in [0.05, 0.1) is 0 Å². The van der Waals surface area contributed by atoms with E-state index in [1.165, 1.54) is 11.0 Å². The molecule has 6 nitrogen and oxygen atoms in total. The summed E-state index contributed by atoms with van der Waals surface area (Å²) in [5.74, 6) is -0.507. The molecular formula is C23H29BrFN3O3. The molecule has 1 aliphatic heterocycles. The number of hydrogen-bond acceptors (Lipinski definition) is 4. The van der Waals surface area contributed by atoms with Crippen molar-refractivity contribution in [2.45, 2.75) is 57.8 Å². The number of rotatable bonds is 4. The Morgan fingerprint density at radius 3 is 2.65 bits per heavy atom. The third-order valence-corrected chi connectivity index (χ3v) is 6.76. The molecule has 1 aliphatic carbocycles. The standard InChI is InChI=1S/C23H29BrFN3O3/c1-14-9-16(18(25)11-17(14)24)10-19-20(29)27(5)21(23(2,3)4)28(19)22(30)31-13-15-7-6-8-26-12-15/h6-9,11-12,14,17,19,21H,10,13H2,1-5H3/t14?,17?,19-,21?/m0/s1. The highest BCUT2D eigenvalue weighted by Crippen LogP contribution is 2.39. The van der Waals surface area contributed by atoms with Crippen molar-refractivity contribution in [3.8, 4) is 0 Å². The Morgan fingerprint density at radius 2 is 2.03 bits per heavy atom. The van der Waals surface area contributed by atoms with Crippen LogP contribution in [0.3, 0.4) is 0 Å². The van der Waals surface area contributed by atoms with Gasteiger partial charge in [0.1, 0.15) is 24.6 Å². The molecule has 0 spiro atoms. The van der Waals surface area contributed by atoms with Gasteiger partial charge in [-0.15, -0.1) is 0 Å². The molecule has 1 fully saturated rings. The molecule has 1 aromatic rings. The molecule has 0 saturated carbocycles. The number of aromatic nitrogens is 1. The number of pyridine rings is 1. The van der Waals surface area contributed by atoms with Crippen LogP contribution in [0.5, 0.6) is 0 Å². The van der Waals surface area contributed by atoms with Gasteiger partial charge >= 0.3 is 6.09 Å². The van der Waals surface area contributed by atoms with Gasteiger partial charge in [0.25, 0.3) is 0 Å². The van der Waals surface area contributed by atoms with Crippen molar-refractivity contribution < 1.29 is 18.7 Å². The summed E-state index contributed by atoms with van der Waals surface area (Å²) in [6.45, 7) is 7.90. The van der Waals surface area contributed by atoms with Crippen molar-refractivity contribution in [3.63, 3.8) is 0 Å². The molecule has 0 radical (unpaired) electrons. The van der Waals surface area contributed by atoms with E-state index in [1.54, 1.807) is 30.4 Å². The molecule has 3 unspecified atom stereocenters. The largest absolute Gasteiger partial charge is 0.444 e. The summed E-state index contributed by atoms with van der Waals surface area (Å²) in [7, 11) is 1.68. The first-order chi connectivity index (χ1) is 14.5. The smallest absolute Gasteiger partial charge is 0.412 e. The van der Waals surface area contributed by atoms with Gasteiger partial charge in [-0.2, -0.15) is 0 Å². The summed E-state index contributed by atoms with van der Waals surface area (Å²) in [6, 6.07) is 2.74. The summed E-state index contributed by atoms with van der Waals surface area (Å²) >= 11 is 3.44. The van der Waals surface area contributed by atoms with Crippen molar-refractivity contribution in [1.29, 1.82) is 0 Å². The zero-order valence-corrected chi connectivity index (χ0v) is 20.1. The van der Waals surface area contributed by atoms with Crippen LogP contribution in [-0.2, 0) is 16.1 Å². The van der Waals surface area contributed by atoms with E-state index >= 15 is 0 Å². The van der Waals surface area contributed by atoms with Gasteiger partial charge in [0.2, 0.25) is 5.91 Å². The minimum atomic E-state index is -0.833. The van der Waals surface area contributed by atoms with E-state index in [9.17, 15) is 14.0 Å². The molecule has 4 atom stereocenters. The lowest BCUT2D eigenvalue weighted by molar-refractivity contribution is -0.129. The maximum absolute atomic E-state index is 14.7. The predicted octanol–water partition coefficient (Wildman–Crippen LogP) is 4.82. The van der Waals surface area contributed by atoms with Crippen LogP contribution in [-0.4, -0.2) is 50.9 Å². The third kappa shape index (κ3) is 5.00. The van der Waals surface area contributed by atoms with Gasteiger partial charge in [-0.3, -0.25) is 14.7 Å². The second kappa shape index (κ2) is 9.10. The quantitative estimate of drug-likeness (QED) is 0.564. The zero-order valence-electron chi connectivity index (χ0n) is 18.5. The maximum atomic E-state index is 14.7. The van der Waals surface area contributed by atoms with E-state index in [0.29, 0.717) is 5.57 Å². The van der Waals surface area contributed by atoms with Gasteiger partial charge in [-0.05, 0) is 23.6 Å². The molecule has 2 aliphatic rings. The van der Waals surface area contributed by atoms with Crippen molar-refractivity contribution in [1.82, 2.24) is 14.8 Å². The summed E-state index contributed by atoms with van der Waals surface area (Å²) in [5, 5.41) is 0. The number of carbonyl (C=O) groups excluding carboxylic acids is 2. The molecule has 1 saturated heterocycles. The minimum Gasteiger partial charge on any atom is -0.444 e. The first kappa shape index (κ1) is 23.4. The van der Waals surface area contributed by atoms with E-state index in [0.717, 1.165) is 5.56 Å². The zero-order chi connectivity index (χ0) is 22.9. The Hall–Kier alpha value is -2.22. The molecule has 168 valence electrons. The number of carbonyl (C=O) groups is 2. The molecule has 0 aromatic carbocycles. The monoisotopic (exact) mass is 493 g/mol. The third-order valence-electron chi connectivity index (χ3n) is 5.66. The van der Waals surface area contributed by atoms with Crippen LogP contribution < -0.4 is 0 Å². The van der Waals surface area contributed by atoms with E-state index in [4.69, 9.17) is 4.74 Å². The highest BCUT2D eigenvalue weighted by molar-refractivity contribution is 9.09. The van der Waals surface area contributed by atoms with Crippen LogP contribution in [0.1, 0.15) is 39.7 Å². The summed E-state index contributed by atoms with van der Waals surface area (Å²) in [4.78, 5) is 33.3. The summed E-state index contributed by atoms with van der Waals surface area (Å²) < 4.78 is 20.2. The number of nitrogens with zero attached hydrogens (tertiary/aromatic N) is 3. The van der Waals surface area contributed by atoms with Crippen molar-refractivity contribution in [2.24, 2.45) is 11.3 Å². The van der Waals surface area contributed by atoms with Crippen LogP contribution in [0.25, 0.3) is 0 Å². The number of hydrogen-bond donors (Lipinski definition) is 0. The molecular weight excluding hydrogens is 465 g/mol. The number of halogens is 2. The molecule has 0 N–H and O–H groups in total. The fraction of sp³-hybridized carbons (Fsp3) is 0.522. The summed E-state index contributed by atoms with van der Waals surface area (Å²) in [6.07, 6.45) is 5.59. The summed E-state index contributed by atoms with van der Waals surface area (Å²) in [5.41, 5.74) is 0.769. The second-order valence-corrected chi connectivity index (χ2v) is 10.3. The Bertz CT molecular complexity index is 897. The number of alkyl halides is 1. The fourth-order valence-electron chi connectivity index (χ4n) is 4.21. The average Bonchev–Trinajstić information content (AvgIpc) is 2.96. The fourth-order valence-corrected chi connectivity index (χ4v) is 4.59. The maximum Gasteiger partial charge on any atom is 0.412 e. The highest BCUT2D eigenvalue weighted by Gasteiger charge is 2.52. The number of amides is 2. The van der Waals surface area contributed by atoms with Gasteiger partial charge < -0.3 is 9.64 Å².